The lowest BCUT2D eigenvalue weighted by molar-refractivity contribution is -0.275. The number of benzene rings is 1. The topological polar surface area (TPSA) is 55.0 Å². The molecule has 2 aromatic heterocycles. The Morgan fingerprint density at radius 2 is 1.86 bits per heavy atom. The number of ether oxygens (including phenoxy) is 1. The van der Waals surface area contributed by atoms with Crippen molar-refractivity contribution < 1.29 is 17.9 Å². The van der Waals surface area contributed by atoms with Crippen molar-refractivity contribution in [2.24, 2.45) is 7.05 Å². The molecule has 3 heterocycles. The SMILES string of the molecule is [C-]#[N+]c1ccc2c(n1)c(N1C[C@@H](C)N(C(C)c3ccccc3OC(F)(F)F)C[C@@H]1C)cc(=O)n2C. The number of anilines is 1. The fraction of sp³-hybridized carbons (Fsp3) is 0.400. The van der Waals surface area contributed by atoms with E-state index in [2.05, 4.69) is 24.4 Å². The van der Waals surface area contributed by atoms with Crippen LogP contribution in [0.15, 0.2) is 47.3 Å². The number of hydrogen-bond acceptors (Lipinski definition) is 5. The first-order valence-electron chi connectivity index (χ1n) is 11.3. The number of rotatable bonds is 4. The molecule has 1 unspecified atom stereocenters. The van der Waals surface area contributed by atoms with Crippen LogP contribution in [-0.2, 0) is 7.05 Å². The molecular weight excluding hydrogens is 459 g/mol. The molecular formula is C25H26F3N5O2. The van der Waals surface area contributed by atoms with E-state index >= 15 is 0 Å². The van der Waals surface area contributed by atoms with E-state index in [-0.39, 0.29) is 35.3 Å². The Balaban J connectivity index is 1.67. The number of para-hydroxylation sites is 1. The Bertz CT molecular complexity index is 1350. The Morgan fingerprint density at radius 3 is 2.54 bits per heavy atom. The summed E-state index contributed by atoms with van der Waals surface area (Å²) in [6, 6.07) is 10.6. The lowest BCUT2D eigenvalue weighted by Gasteiger charge is -2.47. The highest BCUT2D eigenvalue weighted by atomic mass is 19.4. The molecule has 0 spiro atoms. The largest absolute Gasteiger partial charge is 0.573 e. The van der Waals surface area contributed by atoms with Crippen molar-refractivity contribution in [2.45, 2.75) is 45.3 Å². The molecule has 1 aliphatic rings. The molecule has 7 nitrogen and oxygen atoms in total. The first-order chi connectivity index (χ1) is 16.5. The number of piperazine rings is 1. The molecule has 1 aromatic carbocycles. The van der Waals surface area contributed by atoms with Crippen LogP contribution >= 0.6 is 0 Å². The van der Waals surface area contributed by atoms with Crippen molar-refractivity contribution in [2.75, 3.05) is 18.0 Å². The molecule has 3 aromatic rings. The number of nitrogens with zero attached hydrogens (tertiary/aromatic N) is 5. The summed E-state index contributed by atoms with van der Waals surface area (Å²) in [4.78, 5) is 24.8. The number of aryl methyl sites for hydroxylation is 1. The maximum Gasteiger partial charge on any atom is 0.573 e. The van der Waals surface area contributed by atoms with Crippen molar-refractivity contribution >= 4 is 22.5 Å². The standard InChI is InChI=1S/C25H26F3N5O2/c1-15-14-33(20-12-23(34)31(5)19-10-11-22(29-4)30-24(19)20)16(2)13-32(15)17(3)18-8-6-7-9-21(18)35-25(26,27)28/h6-12,15-17H,13-14H2,1-3,5H3/t15-,16+,17?/m1/s1. The lowest BCUT2D eigenvalue weighted by atomic mass is 9.99. The van der Waals surface area contributed by atoms with E-state index in [0.29, 0.717) is 35.4 Å². The van der Waals surface area contributed by atoms with E-state index in [4.69, 9.17) is 6.57 Å². The molecule has 0 N–H and O–H groups in total. The van der Waals surface area contributed by atoms with Gasteiger partial charge in [-0.2, -0.15) is 0 Å². The van der Waals surface area contributed by atoms with Gasteiger partial charge in [0.05, 0.1) is 11.2 Å². The van der Waals surface area contributed by atoms with Gasteiger partial charge in [-0.15, -0.1) is 18.2 Å². The van der Waals surface area contributed by atoms with E-state index in [1.54, 1.807) is 31.3 Å². The minimum atomic E-state index is -4.77. The predicted octanol–water partition coefficient (Wildman–Crippen LogP) is 5.04. The van der Waals surface area contributed by atoms with E-state index < -0.39 is 6.36 Å². The third-order valence-corrected chi connectivity index (χ3v) is 6.60. The molecule has 35 heavy (non-hydrogen) atoms. The van der Waals surface area contributed by atoms with Crippen LogP contribution in [0, 0.1) is 6.57 Å². The first kappa shape index (κ1) is 24.5. The monoisotopic (exact) mass is 485 g/mol. The summed E-state index contributed by atoms with van der Waals surface area (Å²) >= 11 is 0. The second kappa shape index (κ2) is 9.23. The van der Waals surface area contributed by atoms with E-state index in [1.165, 1.54) is 22.8 Å². The molecule has 0 amide bonds. The van der Waals surface area contributed by atoms with Crippen molar-refractivity contribution in [3.63, 3.8) is 0 Å². The van der Waals surface area contributed by atoms with Crippen molar-refractivity contribution in [3.8, 4) is 5.75 Å². The fourth-order valence-corrected chi connectivity index (χ4v) is 4.83. The zero-order valence-electron chi connectivity index (χ0n) is 19.9. The average Bonchev–Trinajstić information content (AvgIpc) is 2.81. The number of hydrogen-bond donors (Lipinski definition) is 0. The van der Waals surface area contributed by atoms with Crippen LogP contribution < -0.4 is 15.2 Å². The molecule has 4 rings (SSSR count). The molecule has 3 atom stereocenters. The quantitative estimate of drug-likeness (QED) is 0.485. The van der Waals surface area contributed by atoms with Gasteiger partial charge in [-0.05, 0) is 39.0 Å². The number of halogens is 3. The fourth-order valence-electron chi connectivity index (χ4n) is 4.83. The predicted molar refractivity (Wildman–Crippen MR) is 128 cm³/mol. The third kappa shape index (κ3) is 4.82. The van der Waals surface area contributed by atoms with Crippen LogP contribution in [0.3, 0.4) is 0 Å². The summed E-state index contributed by atoms with van der Waals surface area (Å²) < 4.78 is 44.6. The maximum absolute atomic E-state index is 13.0. The molecule has 1 aliphatic heterocycles. The number of fused-ring (bicyclic) bond motifs is 1. The van der Waals surface area contributed by atoms with Gasteiger partial charge in [0.2, 0.25) is 5.52 Å². The molecule has 1 fully saturated rings. The normalized spacial score (nSPS) is 20.0. The molecule has 0 bridgehead atoms. The molecule has 0 saturated carbocycles. The van der Waals surface area contributed by atoms with Gasteiger partial charge < -0.3 is 19.0 Å². The highest BCUT2D eigenvalue weighted by Gasteiger charge is 2.37. The lowest BCUT2D eigenvalue weighted by Crippen LogP contribution is -2.57. The highest BCUT2D eigenvalue weighted by Crippen LogP contribution is 2.37. The molecule has 0 aliphatic carbocycles. The van der Waals surface area contributed by atoms with Gasteiger partial charge in [-0.3, -0.25) is 9.69 Å². The Kier molecular flexibility index (Phi) is 6.47. The van der Waals surface area contributed by atoms with Gasteiger partial charge in [0.1, 0.15) is 5.75 Å². The van der Waals surface area contributed by atoms with E-state index in [0.717, 1.165) is 0 Å². The summed E-state index contributed by atoms with van der Waals surface area (Å²) in [5.41, 5.74) is 2.14. The summed E-state index contributed by atoms with van der Waals surface area (Å²) in [5, 5.41) is 0. The highest BCUT2D eigenvalue weighted by molar-refractivity contribution is 5.89. The average molecular weight is 486 g/mol. The first-order valence-corrected chi connectivity index (χ1v) is 11.3. The summed E-state index contributed by atoms with van der Waals surface area (Å²) in [7, 11) is 1.67. The van der Waals surface area contributed by atoms with Gasteiger partial charge in [0.25, 0.3) is 11.4 Å². The van der Waals surface area contributed by atoms with Gasteiger partial charge in [-0.25, -0.2) is 0 Å². The molecule has 0 radical (unpaired) electrons. The van der Waals surface area contributed by atoms with Crippen molar-refractivity contribution in [3.05, 3.63) is 69.8 Å². The number of aromatic nitrogens is 2. The molecule has 10 heteroatoms. The molecule has 1 saturated heterocycles. The van der Waals surface area contributed by atoms with E-state index in [9.17, 15) is 18.0 Å². The Hall–Kier alpha value is -3.58. The number of alkyl halides is 3. The maximum atomic E-state index is 13.0. The van der Waals surface area contributed by atoms with Gasteiger partial charge >= 0.3 is 6.36 Å². The summed E-state index contributed by atoms with van der Waals surface area (Å²) in [6.45, 7) is 14.3. The minimum absolute atomic E-state index is 0.0525. The Labute approximate surface area is 201 Å². The van der Waals surface area contributed by atoms with Crippen LogP contribution in [0.2, 0.25) is 0 Å². The second-order valence-corrected chi connectivity index (χ2v) is 8.88. The Morgan fingerprint density at radius 1 is 1.14 bits per heavy atom. The summed E-state index contributed by atoms with van der Waals surface area (Å²) in [6.07, 6.45) is -4.77. The number of pyridine rings is 2. The van der Waals surface area contributed by atoms with Crippen molar-refractivity contribution in [1.29, 1.82) is 0 Å². The van der Waals surface area contributed by atoms with Crippen molar-refractivity contribution in [1.82, 2.24) is 14.5 Å². The molecule has 184 valence electrons. The zero-order valence-corrected chi connectivity index (χ0v) is 19.9. The van der Waals surface area contributed by atoms with Crippen LogP contribution in [0.25, 0.3) is 15.9 Å². The van der Waals surface area contributed by atoms with E-state index in [1.807, 2.05) is 20.8 Å². The van der Waals surface area contributed by atoms with Gasteiger partial charge in [-0.1, -0.05) is 24.8 Å². The van der Waals surface area contributed by atoms with Gasteiger partial charge in [0, 0.05) is 49.9 Å². The van der Waals surface area contributed by atoms with Crippen LogP contribution in [-0.4, -0.2) is 46.0 Å². The van der Waals surface area contributed by atoms with Crippen LogP contribution in [0.1, 0.15) is 32.4 Å². The van der Waals surface area contributed by atoms with Crippen LogP contribution in [0.5, 0.6) is 5.75 Å². The summed E-state index contributed by atoms with van der Waals surface area (Å²) in [5.74, 6) is 0.0369. The minimum Gasteiger partial charge on any atom is -0.405 e. The van der Waals surface area contributed by atoms with Crippen LogP contribution in [0.4, 0.5) is 24.7 Å². The van der Waals surface area contributed by atoms with Gasteiger partial charge in [0.15, 0.2) is 0 Å². The smallest absolute Gasteiger partial charge is 0.405 e. The zero-order chi connectivity index (χ0) is 25.5. The second-order valence-electron chi connectivity index (χ2n) is 8.88. The third-order valence-electron chi connectivity index (χ3n) is 6.60.